The van der Waals surface area contributed by atoms with E-state index in [0.717, 1.165) is 19.4 Å². The van der Waals surface area contributed by atoms with Crippen LogP contribution in [0.4, 0.5) is 15.9 Å². The Morgan fingerprint density at radius 2 is 2.00 bits per heavy atom. The number of amides is 1. The van der Waals surface area contributed by atoms with Crippen LogP contribution in [0.3, 0.4) is 0 Å². The fourth-order valence-electron chi connectivity index (χ4n) is 3.64. The van der Waals surface area contributed by atoms with E-state index < -0.39 is 5.82 Å². The quantitative estimate of drug-likeness (QED) is 0.549. The van der Waals surface area contributed by atoms with Crippen molar-refractivity contribution >= 4 is 39.9 Å². The summed E-state index contributed by atoms with van der Waals surface area (Å²) in [6, 6.07) is 8.22. The number of nitrogens with zero attached hydrogens (tertiary/aromatic N) is 3. The SMILES string of the molecule is CNC.COc1cc2ncnc(Nc3cccc(Cl)c3F)c2cc1OC1CCCN(C(C)=O)C1. The third kappa shape index (κ3) is 6.03. The molecule has 34 heavy (non-hydrogen) atoms. The molecule has 1 aliphatic heterocycles. The van der Waals surface area contributed by atoms with Crippen LogP contribution in [-0.2, 0) is 4.79 Å². The summed E-state index contributed by atoms with van der Waals surface area (Å²) in [5.41, 5.74) is 0.813. The second-order valence-corrected chi connectivity index (χ2v) is 8.22. The Bertz CT molecular complexity index is 1150. The number of methoxy groups -OCH3 is 1. The van der Waals surface area contributed by atoms with Crippen LogP contribution in [0.2, 0.25) is 5.02 Å². The van der Waals surface area contributed by atoms with Gasteiger partial charge >= 0.3 is 0 Å². The maximum Gasteiger partial charge on any atom is 0.219 e. The fraction of sp³-hybridized carbons (Fsp3) is 0.375. The number of hydrogen-bond acceptors (Lipinski definition) is 7. The van der Waals surface area contributed by atoms with Crippen LogP contribution in [0.5, 0.6) is 11.5 Å². The molecule has 0 aliphatic carbocycles. The topological polar surface area (TPSA) is 88.6 Å². The Morgan fingerprint density at radius 3 is 2.71 bits per heavy atom. The number of halogens is 2. The van der Waals surface area contributed by atoms with E-state index in [9.17, 15) is 9.18 Å². The van der Waals surface area contributed by atoms with Gasteiger partial charge in [-0.25, -0.2) is 14.4 Å². The molecule has 182 valence electrons. The largest absolute Gasteiger partial charge is 0.493 e. The second kappa shape index (κ2) is 11.8. The van der Waals surface area contributed by atoms with Crippen molar-refractivity contribution in [1.82, 2.24) is 20.2 Å². The Hall–Kier alpha value is -3.17. The predicted octanol–water partition coefficient (Wildman–Crippen LogP) is 4.40. The minimum atomic E-state index is -0.563. The van der Waals surface area contributed by atoms with E-state index in [4.69, 9.17) is 21.1 Å². The van der Waals surface area contributed by atoms with Crippen molar-refractivity contribution in [2.24, 2.45) is 0 Å². The molecule has 1 amide bonds. The first kappa shape index (κ1) is 25.5. The smallest absolute Gasteiger partial charge is 0.219 e. The molecule has 2 N–H and O–H groups in total. The Morgan fingerprint density at radius 1 is 1.24 bits per heavy atom. The zero-order chi connectivity index (χ0) is 24.7. The van der Waals surface area contributed by atoms with Gasteiger partial charge in [0.15, 0.2) is 17.3 Å². The lowest BCUT2D eigenvalue weighted by atomic mass is 10.1. The number of nitrogens with one attached hydrogen (secondary N) is 2. The molecule has 4 rings (SSSR count). The van der Waals surface area contributed by atoms with Gasteiger partial charge in [-0.3, -0.25) is 4.79 Å². The molecule has 3 aromatic rings. The van der Waals surface area contributed by atoms with E-state index in [2.05, 4.69) is 20.6 Å². The van der Waals surface area contributed by atoms with Gasteiger partial charge < -0.3 is 25.0 Å². The van der Waals surface area contributed by atoms with Crippen LogP contribution < -0.4 is 20.1 Å². The lowest BCUT2D eigenvalue weighted by Gasteiger charge is -2.32. The minimum absolute atomic E-state index is 0.0152. The molecule has 0 bridgehead atoms. The highest BCUT2D eigenvalue weighted by atomic mass is 35.5. The predicted molar refractivity (Wildman–Crippen MR) is 132 cm³/mol. The molecular weight excluding hydrogens is 461 g/mol. The zero-order valence-corrected chi connectivity index (χ0v) is 20.4. The number of fused-ring (bicyclic) bond motifs is 1. The first-order valence-corrected chi connectivity index (χ1v) is 11.3. The fourth-order valence-corrected chi connectivity index (χ4v) is 3.82. The van der Waals surface area contributed by atoms with E-state index in [1.807, 2.05) is 14.1 Å². The molecule has 10 heteroatoms. The van der Waals surface area contributed by atoms with Crippen molar-refractivity contribution in [3.63, 3.8) is 0 Å². The molecule has 8 nitrogen and oxygen atoms in total. The van der Waals surface area contributed by atoms with Crippen molar-refractivity contribution in [1.29, 1.82) is 0 Å². The molecule has 2 heterocycles. The summed E-state index contributed by atoms with van der Waals surface area (Å²) in [7, 11) is 5.30. The third-order valence-electron chi connectivity index (χ3n) is 5.24. The Balaban J connectivity index is 0.00000103. The zero-order valence-electron chi connectivity index (χ0n) is 19.7. The molecule has 0 radical (unpaired) electrons. The number of anilines is 2. The lowest BCUT2D eigenvalue weighted by Crippen LogP contribution is -2.43. The van der Waals surface area contributed by atoms with Crippen molar-refractivity contribution < 1.29 is 18.7 Å². The third-order valence-corrected chi connectivity index (χ3v) is 5.53. The molecule has 1 atom stereocenters. The Labute approximate surface area is 203 Å². The monoisotopic (exact) mass is 489 g/mol. The summed E-state index contributed by atoms with van der Waals surface area (Å²) in [5, 5.41) is 6.39. The lowest BCUT2D eigenvalue weighted by molar-refractivity contribution is -0.131. The number of carbonyl (C=O) groups excluding carboxylic acids is 1. The van der Waals surface area contributed by atoms with E-state index in [1.54, 1.807) is 43.2 Å². The van der Waals surface area contributed by atoms with Crippen LogP contribution in [0, 0.1) is 5.82 Å². The standard InChI is InChI=1S/C22H22ClFN4O3.C2H7N/c1-13(29)28-8-4-5-14(11-28)31-20-9-15-18(10-19(20)30-2)25-12-26-22(15)27-17-7-3-6-16(23)21(17)24;1-3-2/h3,6-7,9-10,12,14H,4-5,8,11H2,1-2H3,(H,25,26,27);3H,1-2H3. The normalized spacial score (nSPS) is 15.4. The maximum absolute atomic E-state index is 14.4. The van der Waals surface area contributed by atoms with Gasteiger partial charge in [0.2, 0.25) is 5.91 Å². The van der Waals surface area contributed by atoms with Gasteiger partial charge in [0.05, 0.1) is 29.9 Å². The van der Waals surface area contributed by atoms with Gasteiger partial charge in [-0.05, 0) is 45.1 Å². The molecule has 1 unspecified atom stereocenters. The molecule has 0 spiro atoms. The van der Waals surface area contributed by atoms with Crippen LogP contribution in [-0.4, -0.2) is 61.2 Å². The molecular formula is C24H29ClFN5O3. The molecule has 1 aliphatic rings. The number of rotatable bonds is 5. The second-order valence-electron chi connectivity index (χ2n) is 7.82. The Kier molecular flexibility index (Phi) is 8.84. The van der Waals surface area contributed by atoms with Crippen LogP contribution in [0.15, 0.2) is 36.7 Å². The van der Waals surface area contributed by atoms with E-state index >= 15 is 0 Å². The van der Waals surface area contributed by atoms with Crippen LogP contribution in [0.1, 0.15) is 19.8 Å². The highest BCUT2D eigenvalue weighted by molar-refractivity contribution is 6.31. The number of aromatic nitrogens is 2. The van der Waals surface area contributed by atoms with E-state index in [1.165, 1.54) is 12.4 Å². The average Bonchev–Trinajstić information content (AvgIpc) is 2.82. The van der Waals surface area contributed by atoms with Crippen LogP contribution in [0.25, 0.3) is 10.9 Å². The number of carbonyl (C=O) groups is 1. The summed E-state index contributed by atoms with van der Waals surface area (Å²) in [6.45, 7) is 2.81. The van der Waals surface area contributed by atoms with Crippen molar-refractivity contribution in [3.05, 3.63) is 47.5 Å². The van der Waals surface area contributed by atoms with Gasteiger partial charge in [0.1, 0.15) is 18.2 Å². The highest BCUT2D eigenvalue weighted by Gasteiger charge is 2.24. The molecule has 1 fully saturated rings. The minimum Gasteiger partial charge on any atom is -0.493 e. The number of ether oxygens (including phenoxy) is 2. The van der Waals surface area contributed by atoms with Gasteiger partial charge in [-0.15, -0.1) is 0 Å². The van der Waals surface area contributed by atoms with Crippen molar-refractivity contribution in [2.75, 3.05) is 39.6 Å². The number of hydrogen-bond donors (Lipinski definition) is 2. The number of piperidine rings is 1. The summed E-state index contributed by atoms with van der Waals surface area (Å²) >= 11 is 5.89. The van der Waals surface area contributed by atoms with Gasteiger partial charge in [0, 0.05) is 24.9 Å². The molecule has 0 saturated carbocycles. The van der Waals surface area contributed by atoms with E-state index in [-0.39, 0.29) is 22.7 Å². The first-order valence-electron chi connectivity index (χ1n) is 10.9. The van der Waals surface area contributed by atoms with Crippen molar-refractivity contribution in [2.45, 2.75) is 25.9 Å². The summed E-state index contributed by atoms with van der Waals surface area (Å²) < 4.78 is 26.1. The highest BCUT2D eigenvalue weighted by Crippen LogP contribution is 2.36. The van der Waals surface area contributed by atoms with Crippen molar-refractivity contribution in [3.8, 4) is 11.5 Å². The van der Waals surface area contributed by atoms with Gasteiger partial charge in [-0.2, -0.15) is 0 Å². The average molecular weight is 490 g/mol. The summed E-state index contributed by atoms with van der Waals surface area (Å²) in [5.74, 6) is 0.906. The van der Waals surface area contributed by atoms with E-state index in [0.29, 0.717) is 34.8 Å². The van der Waals surface area contributed by atoms with Gasteiger partial charge in [-0.1, -0.05) is 17.7 Å². The number of likely N-dealkylation sites (tertiary alicyclic amines) is 1. The first-order chi connectivity index (χ1) is 16.4. The number of benzene rings is 2. The molecule has 2 aromatic carbocycles. The summed E-state index contributed by atoms with van der Waals surface area (Å²) in [6.07, 6.45) is 2.92. The van der Waals surface area contributed by atoms with Crippen LogP contribution >= 0.6 is 11.6 Å². The summed E-state index contributed by atoms with van der Waals surface area (Å²) in [4.78, 5) is 22.1. The molecule has 1 saturated heterocycles. The maximum atomic E-state index is 14.4. The molecule has 1 aromatic heterocycles. The van der Waals surface area contributed by atoms with Gasteiger partial charge in [0.25, 0.3) is 0 Å².